The van der Waals surface area contributed by atoms with E-state index in [9.17, 15) is 14.3 Å². The lowest BCUT2D eigenvalue weighted by Gasteiger charge is -2.03. The molecule has 0 aliphatic heterocycles. The summed E-state index contributed by atoms with van der Waals surface area (Å²) in [5.74, 6) is 0.398. The van der Waals surface area contributed by atoms with Gasteiger partial charge in [-0.2, -0.15) is 0 Å². The van der Waals surface area contributed by atoms with Crippen LogP contribution in [-0.2, 0) is 6.42 Å². The van der Waals surface area contributed by atoms with Gasteiger partial charge in [0.25, 0.3) is 5.56 Å². The van der Waals surface area contributed by atoms with Gasteiger partial charge < -0.3 is 10.1 Å². The third-order valence-corrected chi connectivity index (χ3v) is 4.80. The summed E-state index contributed by atoms with van der Waals surface area (Å²) < 4.78 is 13.1. The Balaban J connectivity index is 1.77. The van der Waals surface area contributed by atoms with Crippen LogP contribution in [-0.4, -0.2) is 15.1 Å². The summed E-state index contributed by atoms with van der Waals surface area (Å²) in [5, 5.41) is 11.9. The van der Waals surface area contributed by atoms with Gasteiger partial charge in [-0.25, -0.2) is 9.37 Å². The zero-order chi connectivity index (χ0) is 17.4. The van der Waals surface area contributed by atoms with Crippen molar-refractivity contribution in [2.24, 2.45) is 0 Å². The minimum absolute atomic E-state index is 0.177. The van der Waals surface area contributed by atoms with Crippen molar-refractivity contribution in [2.45, 2.75) is 6.42 Å². The van der Waals surface area contributed by atoms with Crippen molar-refractivity contribution >= 4 is 21.6 Å². The third kappa shape index (κ3) is 3.04. The Kier molecular flexibility index (Phi) is 3.82. The van der Waals surface area contributed by atoms with E-state index in [4.69, 9.17) is 0 Å². The van der Waals surface area contributed by atoms with Crippen molar-refractivity contribution in [3.63, 3.8) is 0 Å². The molecule has 2 aromatic heterocycles. The maximum Gasteiger partial charge on any atom is 0.260 e. The molecule has 0 fully saturated rings. The van der Waals surface area contributed by atoms with Gasteiger partial charge in [-0.3, -0.25) is 4.79 Å². The van der Waals surface area contributed by atoms with Gasteiger partial charge in [-0.05, 0) is 35.4 Å². The highest BCUT2D eigenvalue weighted by Crippen LogP contribution is 2.30. The summed E-state index contributed by atoms with van der Waals surface area (Å²) in [5.41, 5.74) is 2.16. The SMILES string of the molecule is O=c1[nH]c(Cc2cccc(O)c2)nc2scc(-c3ccc(F)cc3)c12. The summed E-state index contributed by atoms with van der Waals surface area (Å²) in [6, 6.07) is 12.9. The molecule has 4 aromatic rings. The maximum atomic E-state index is 13.1. The molecule has 0 saturated carbocycles. The molecule has 0 unspecified atom stereocenters. The highest BCUT2D eigenvalue weighted by Gasteiger charge is 2.13. The number of nitrogens with zero attached hydrogens (tertiary/aromatic N) is 1. The molecule has 0 amide bonds. The van der Waals surface area contributed by atoms with Crippen LogP contribution in [0.2, 0.25) is 0 Å². The van der Waals surface area contributed by atoms with Crippen molar-refractivity contribution in [3.8, 4) is 16.9 Å². The predicted octanol–water partition coefficient (Wildman–Crippen LogP) is 4.09. The van der Waals surface area contributed by atoms with E-state index in [-0.39, 0.29) is 17.1 Å². The first kappa shape index (κ1) is 15.5. The lowest BCUT2D eigenvalue weighted by Crippen LogP contribution is -2.11. The lowest BCUT2D eigenvalue weighted by atomic mass is 10.1. The predicted molar refractivity (Wildman–Crippen MR) is 96.5 cm³/mol. The molecule has 4 rings (SSSR count). The van der Waals surface area contributed by atoms with E-state index in [1.165, 1.54) is 23.5 Å². The van der Waals surface area contributed by atoms with Crippen LogP contribution in [0.3, 0.4) is 0 Å². The fraction of sp³-hybridized carbons (Fsp3) is 0.0526. The number of fused-ring (bicyclic) bond motifs is 1. The second-order valence-electron chi connectivity index (χ2n) is 5.70. The molecule has 0 radical (unpaired) electrons. The number of halogens is 1. The van der Waals surface area contributed by atoms with Gasteiger partial charge in [-0.15, -0.1) is 11.3 Å². The summed E-state index contributed by atoms with van der Waals surface area (Å²) >= 11 is 1.38. The molecule has 0 spiro atoms. The van der Waals surface area contributed by atoms with Crippen LogP contribution in [0, 0.1) is 5.82 Å². The Hall–Kier alpha value is -2.99. The molecule has 2 heterocycles. The second-order valence-corrected chi connectivity index (χ2v) is 6.55. The smallest absolute Gasteiger partial charge is 0.260 e. The van der Waals surface area contributed by atoms with Crippen LogP contribution in [0.4, 0.5) is 4.39 Å². The Bertz CT molecular complexity index is 1120. The van der Waals surface area contributed by atoms with E-state index < -0.39 is 0 Å². The summed E-state index contributed by atoms with van der Waals surface area (Å²) in [6.07, 6.45) is 0.420. The summed E-state index contributed by atoms with van der Waals surface area (Å²) in [6.45, 7) is 0. The molecule has 4 nitrogen and oxygen atoms in total. The first-order chi connectivity index (χ1) is 12.1. The molecule has 0 bridgehead atoms. The average molecular weight is 352 g/mol. The fourth-order valence-electron chi connectivity index (χ4n) is 2.78. The molecule has 25 heavy (non-hydrogen) atoms. The number of phenols is 1. The molecule has 124 valence electrons. The van der Waals surface area contributed by atoms with Crippen molar-refractivity contribution in [1.29, 1.82) is 0 Å². The van der Waals surface area contributed by atoms with E-state index in [0.29, 0.717) is 22.5 Å². The molecular formula is C19H13FN2O2S. The number of hydrogen-bond donors (Lipinski definition) is 2. The molecule has 0 atom stereocenters. The molecule has 0 aliphatic carbocycles. The summed E-state index contributed by atoms with van der Waals surface area (Å²) in [7, 11) is 0. The Morgan fingerprint density at radius 1 is 1.16 bits per heavy atom. The van der Waals surface area contributed by atoms with Gasteiger partial charge >= 0.3 is 0 Å². The van der Waals surface area contributed by atoms with Gasteiger partial charge in [0.15, 0.2) is 0 Å². The number of aromatic amines is 1. The van der Waals surface area contributed by atoms with Gasteiger partial charge in [0.1, 0.15) is 22.2 Å². The van der Waals surface area contributed by atoms with Gasteiger partial charge in [0.2, 0.25) is 0 Å². The van der Waals surface area contributed by atoms with Gasteiger partial charge in [-0.1, -0.05) is 24.3 Å². The van der Waals surface area contributed by atoms with E-state index >= 15 is 0 Å². The van der Waals surface area contributed by atoms with E-state index in [1.54, 1.807) is 30.3 Å². The molecular weight excluding hydrogens is 339 g/mol. The molecule has 2 aromatic carbocycles. The zero-order valence-corrected chi connectivity index (χ0v) is 13.8. The molecule has 2 N–H and O–H groups in total. The van der Waals surface area contributed by atoms with Crippen LogP contribution in [0.25, 0.3) is 21.3 Å². The number of phenolic OH excluding ortho intramolecular Hbond substituents is 1. The number of nitrogens with one attached hydrogen (secondary N) is 1. The van der Waals surface area contributed by atoms with Gasteiger partial charge in [0, 0.05) is 17.4 Å². The Morgan fingerprint density at radius 2 is 1.96 bits per heavy atom. The lowest BCUT2D eigenvalue weighted by molar-refractivity contribution is 0.474. The Morgan fingerprint density at radius 3 is 2.72 bits per heavy atom. The maximum absolute atomic E-state index is 13.1. The van der Waals surface area contributed by atoms with Crippen molar-refractivity contribution in [1.82, 2.24) is 9.97 Å². The number of aromatic nitrogens is 2. The standard InChI is InChI=1S/C19H13FN2O2S/c20-13-6-4-12(5-7-13)15-10-25-19-17(15)18(24)21-16(22-19)9-11-2-1-3-14(23)8-11/h1-8,10,23H,9H2,(H,21,22,24). The summed E-state index contributed by atoms with van der Waals surface area (Å²) in [4.78, 5) is 20.5. The largest absolute Gasteiger partial charge is 0.508 e. The Labute approximate surface area is 146 Å². The molecule has 0 saturated heterocycles. The fourth-order valence-corrected chi connectivity index (χ4v) is 3.75. The van der Waals surface area contributed by atoms with Crippen molar-refractivity contribution < 1.29 is 9.50 Å². The minimum Gasteiger partial charge on any atom is -0.508 e. The number of rotatable bonds is 3. The van der Waals surface area contributed by atoms with Crippen molar-refractivity contribution in [2.75, 3.05) is 0 Å². The van der Waals surface area contributed by atoms with E-state index in [0.717, 1.165) is 16.7 Å². The number of aromatic hydroxyl groups is 1. The third-order valence-electron chi connectivity index (χ3n) is 3.93. The number of H-pyrrole nitrogens is 1. The van der Waals surface area contributed by atoms with E-state index in [2.05, 4.69) is 9.97 Å². The second kappa shape index (κ2) is 6.14. The topological polar surface area (TPSA) is 66.0 Å². The van der Waals surface area contributed by atoms with Crippen LogP contribution >= 0.6 is 11.3 Å². The normalized spacial score (nSPS) is 11.1. The highest BCUT2D eigenvalue weighted by atomic mass is 32.1. The van der Waals surface area contributed by atoms with Crippen LogP contribution in [0.15, 0.2) is 58.7 Å². The van der Waals surface area contributed by atoms with Crippen LogP contribution < -0.4 is 5.56 Å². The van der Waals surface area contributed by atoms with Crippen LogP contribution in [0.1, 0.15) is 11.4 Å². The number of benzene rings is 2. The molecule has 0 aliphatic rings. The van der Waals surface area contributed by atoms with E-state index in [1.807, 2.05) is 11.4 Å². The first-order valence-corrected chi connectivity index (χ1v) is 8.52. The van der Waals surface area contributed by atoms with Gasteiger partial charge in [0.05, 0.1) is 5.39 Å². The van der Waals surface area contributed by atoms with Crippen molar-refractivity contribution in [3.05, 3.63) is 81.5 Å². The average Bonchev–Trinajstić information content (AvgIpc) is 3.00. The number of hydrogen-bond acceptors (Lipinski definition) is 4. The monoisotopic (exact) mass is 352 g/mol. The first-order valence-electron chi connectivity index (χ1n) is 7.64. The minimum atomic E-state index is -0.316. The quantitative estimate of drug-likeness (QED) is 0.584. The number of thiophene rings is 1. The molecule has 6 heteroatoms. The highest BCUT2D eigenvalue weighted by molar-refractivity contribution is 7.17. The van der Waals surface area contributed by atoms with Crippen LogP contribution in [0.5, 0.6) is 5.75 Å². The zero-order valence-electron chi connectivity index (χ0n) is 13.0.